The van der Waals surface area contributed by atoms with E-state index < -0.39 is 6.09 Å². The summed E-state index contributed by atoms with van der Waals surface area (Å²) in [4.78, 5) is 21.5. The molecule has 1 unspecified atom stereocenters. The van der Waals surface area contributed by atoms with Crippen molar-refractivity contribution < 1.29 is 19.1 Å². The fraction of sp³-hybridized carbons (Fsp3) is 0.778. The molecule has 0 aromatic rings. The molecule has 1 atom stereocenters. The van der Waals surface area contributed by atoms with E-state index in [1.165, 1.54) is 6.92 Å². The Balaban J connectivity index is 3.71. The Labute approximate surface area is 83.8 Å². The van der Waals surface area contributed by atoms with Gasteiger partial charge in [0.25, 0.3) is 0 Å². The number of hydrogen-bond donors (Lipinski definition) is 1. The van der Waals surface area contributed by atoms with Gasteiger partial charge in [0.05, 0.1) is 0 Å². The van der Waals surface area contributed by atoms with Crippen molar-refractivity contribution in [3.63, 3.8) is 0 Å². The molecule has 0 saturated carbocycles. The molecule has 0 aliphatic rings. The van der Waals surface area contributed by atoms with Crippen LogP contribution >= 0.6 is 0 Å². The lowest BCUT2D eigenvalue weighted by atomic mass is 10.3. The molecule has 0 aliphatic heterocycles. The van der Waals surface area contributed by atoms with E-state index in [4.69, 9.17) is 9.47 Å². The molecule has 5 heteroatoms. The van der Waals surface area contributed by atoms with Crippen molar-refractivity contribution in [3.05, 3.63) is 0 Å². The molecule has 5 nitrogen and oxygen atoms in total. The summed E-state index contributed by atoms with van der Waals surface area (Å²) in [6.07, 6.45) is -0.216. The number of esters is 1. The van der Waals surface area contributed by atoms with Gasteiger partial charge in [-0.15, -0.1) is 0 Å². The molecule has 82 valence electrons. The van der Waals surface area contributed by atoms with Crippen LogP contribution in [0.3, 0.4) is 0 Å². The zero-order valence-electron chi connectivity index (χ0n) is 8.83. The van der Waals surface area contributed by atoms with Crippen molar-refractivity contribution in [2.45, 2.75) is 33.3 Å². The van der Waals surface area contributed by atoms with Crippen molar-refractivity contribution in [1.29, 1.82) is 0 Å². The van der Waals surface area contributed by atoms with E-state index >= 15 is 0 Å². The normalized spacial score (nSPS) is 11.6. The molecule has 0 fully saturated rings. The van der Waals surface area contributed by atoms with Crippen LogP contribution in [-0.4, -0.2) is 31.3 Å². The van der Waals surface area contributed by atoms with Gasteiger partial charge in [0.2, 0.25) is 0 Å². The monoisotopic (exact) mass is 203 g/mol. The largest absolute Gasteiger partial charge is 0.459 e. The Morgan fingerprint density at radius 1 is 1.36 bits per heavy atom. The predicted octanol–water partition coefficient (Wildman–Crippen LogP) is 1.07. The van der Waals surface area contributed by atoms with Crippen LogP contribution in [0.25, 0.3) is 0 Å². The number of carbonyl (C=O) groups excluding carboxylic acids is 2. The SMILES string of the molecule is CCNC(=O)OCC(CC)OC(C)=O. The number of ether oxygens (including phenoxy) is 2. The lowest BCUT2D eigenvalue weighted by molar-refractivity contribution is -0.148. The second-order valence-corrected chi connectivity index (χ2v) is 2.77. The Morgan fingerprint density at radius 3 is 2.43 bits per heavy atom. The molecule has 0 aliphatic carbocycles. The van der Waals surface area contributed by atoms with Crippen molar-refractivity contribution in [1.82, 2.24) is 5.32 Å². The van der Waals surface area contributed by atoms with Crippen LogP contribution in [0, 0.1) is 0 Å². The zero-order chi connectivity index (χ0) is 11.0. The Kier molecular flexibility index (Phi) is 6.53. The maximum atomic E-state index is 10.9. The molecule has 0 bridgehead atoms. The smallest absolute Gasteiger partial charge is 0.407 e. The van der Waals surface area contributed by atoms with Crippen LogP contribution < -0.4 is 5.32 Å². The highest BCUT2D eigenvalue weighted by molar-refractivity contribution is 5.67. The Morgan fingerprint density at radius 2 is 2.00 bits per heavy atom. The second kappa shape index (κ2) is 7.17. The van der Waals surface area contributed by atoms with Gasteiger partial charge in [-0.05, 0) is 13.3 Å². The second-order valence-electron chi connectivity index (χ2n) is 2.77. The lowest BCUT2D eigenvalue weighted by Gasteiger charge is -2.14. The minimum Gasteiger partial charge on any atom is -0.459 e. The molecule has 0 spiro atoms. The molecule has 0 rings (SSSR count). The summed E-state index contributed by atoms with van der Waals surface area (Å²) < 4.78 is 9.69. The molecule has 14 heavy (non-hydrogen) atoms. The van der Waals surface area contributed by atoms with Crippen LogP contribution in [0.2, 0.25) is 0 Å². The van der Waals surface area contributed by atoms with Gasteiger partial charge < -0.3 is 14.8 Å². The first-order valence-corrected chi connectivity index (χ1v) is 4.68. The third-order valence-corrected chi connectivity index (χ3v) is 1.51. The van der Waals surface area contributed by atoms with Crippen molar-refractivity contribution in [2.24, 2.45) is 0 Å². The van der Waals surface area contributed by atoms with Crippen LogP contribution in [0.4, 0.5) is 4.79 Å². The van der Waals surface area contributed by atoms with Crippen molar-refractivity contribution in [2.75, 3.05) is 13.2 Å². The Bertz CT molecular complexity index is 193. The predicted molar refractivity (Wildman–Crippen MR) is 50.9 cm³/mol. The van der Waals surface area contributed by atoms with E-state index in [1.54, 1.807) is 6.92 Å². The van der Waals surface area contributed by atoms with Crippen LogP contribution in [0.5, 0.6) is 0 Å². The summed E-state index contributed by atoms with van der Waals surface area (Å²) in [7, 11) is 0. The maximum absolute atomic E-state index is 10.9. The number of amides is 1. The number of hydrogen-bond acceptors (Lipinski definition) is 4. The van der Waals surface area contributed by atoms with Crippen LogP contribution in [0.15, 0.2) is 0 Å². The molecular formula is C9H17NO4. The maximum Gasteiger partial charge on any atom is 0.407 e. The average molecular weight is 203 g/mol. The summed E-state index contributed by atoms with van der Waals surface area (Å²) in [5, 5.41) is 2.48. The van der Waals surface area contributed by atoms with Crippen LogP contribution in [-0.2, 0) is 14.3 Å². The quantitative estimate of drug-likeness (QED) is 0.679. The van der Waals surface area contributed by atoms with E-state index in [2.05, 4.69) is 5.32 Å². The standard InChI is InChI=1S/C9H17NO4/c1-4-8(14-7(3)11)6-13-9(12)10-5-2/h8H,4-6H2,1-3H3,(H,10,12). The molecule has 0 heterocycles. The summed E-state index contributed by atoms with van der Waals surface area (Å²) in [5.41, 5.74) is 0. The highest BCUT2D eigenvalue weighted by Gasteiger charge is 2.11. The van der Waals surface area contributed by atoms with Gasteiger partial charge in [0.1, 0.15) is 12.7 Å². The van der Waals surface area contributed by atoms with Crippen LogP contribution in [0.1, 0.15) is 27.2 Å². The summed E-state index contributed by atoms with van der Waals surface area (Å²) >= 11 is 0. The topological polar surface area (TPSA) is 64.6 Å². The van der Waals surface area contributed by atoms with Gasteiger partial charge >= 0.3 is 12.1 Å². The molecule has 1 amide bonds. The number of alkyl carbamates (subject to hydrolysis) is 1. The first-order valence-electron chi connectivity index (χ1n) is 4.68. The van der Waals surface area contributed by atoms with E-state index in [0.29, 0.717) is 13.0 Å². The molecule has 0 aromatic heterocycles. The molecule has 0 saturated heterocycles. The summed E-state index contributed by atoms with van der Waals surface area (Å²) in [5.74, 6) is -0.364. The highest BCUT2D eigenvalue weighted by Crippen LogP contribution is 1.99. The van der Waals surface area contributed by atoms with Gasteiger partial charge in [-0.1, -0.05) is 6.92 Å². The highest BCUT2D eigenvalue weighted by atomic mass is 16.6. The third kappa shape index (κ3) is 6.28. The van der Waals surface area contributed by atoms with Crippen molar-refractivity contribution >= 4 is 12.1 Å². The van der Waals surface area contributed by atoms with Crippen molar-refractivity contribution in [3.8, 4) is 0 Å². The van der Waals surface area contributed by atoms with Gasteiger partial charge in [-0.2, -0.15) is 0 Å². The molecule has 0 radical (unpaired) electrons. The summed E-state index contributed by atoms with van der Waals surface area (Å²) in [6.45, 7) is 5.60. The third-order valence-electron chi connectivity index (χ3n) is 1.51. The fourth-order valence-electron chi connectivity index (χ4n) is 0.834. The molecule has 1 N–H and O–H groups in total. The Hall–Kier alpha value is -1.26. The van der Waals surface area contributed by atoms with E-state index in [9.17, 15) is 9.59 Å². The first kappa shape index (κ1) is 12.7. The first-order chi connectivity index (χ1) is 6.60. The molecule has 0 aromatic carbocycles. The van der Waals surface area contributed by atoms with Gasteiger partial charge in [-0.3, -0.25) is 4.79 Å². The minimum absolute atomic E-state index is 0.0991. The average Bonchev–Trinajstić information content (AvgIpc) is 2.12. The minimum atomic E-state index is -0.488. The number of nitrogens with one attached hydrogen (secondary N) is 1. The number of carbonyl (C=O) groups is 2. The van der Waals surface area contributed by atoms with E-state index in [-0.39, 0.29) is 18.7 Å². The van der Waals surface area contributed by atoms with E-state index in [1.807, 2.05) is 6.92 Å². The van der Waals surface area contributed by atoms with Gasteiger partial charge in [0, 0.05) is 13.5 Å². The molecular weight excluding hydrogens is 186 g/mol. The van der Waals surface area contributed by atoms with Gasteiger partial charge in [0.15, 0.2) is 0 Å². The fourth-order valence-corrected chi connectivity index (χ4v) is 0.834. The lowest BCUT2D eigenvalue weighted by Crippen LogP contribution is -2.29. The summed E-state index contributed by atoms with van der Waals surface area (Å²) in [6, 6.07) is 0. The van der Waals surface area contributed by atoms with Gasteiger partial charge in [-0.25, -0.2) is 4.79 Å². The number of rotatable bonds is 5. The van der Waals surface area contributed by atoms with E-state index in [0.717, 1.165) is 0 Å². The zero-order valence-corrected chi connectivity index (χ0v) is 8.83.